The average molecular weight is 346 g/mol. The number of H-pyrrole nitrogens is 1. The molecule has 24 heavy (non-hydrogen) atoms. The van der Waals surface area contributed by atoms with Crippen LogP contribution in [0, 0.1) is 0 Å². The van der Waals surface area contributed by atoms with Crippen LogP contribution < -0.4 is 10.6 Å². The third-order valence-corrected chi connectivity index (χ3v) is 5.19. The molecule has 0 aliphatic heterocycles. The van der Waals surface area contributed by atoms with Crippen molar-refractivity contribution in [3.8, 4) is 0 Å². The topological polar surface area (TPSA) is 86.9 Å². The maximum atomic E-state index is 12.2. The van der Waals surface area contributed by atoms with Crippen molar-refractivity contribution in [2.45, 2.75) is 55.5 Å². The first kappa shape index (κ1) is 16.8. The number of carbonyl (C=O) groups is 2. The summed E-state index contributed by atoms with van der Waals surface area (Å²) in [5, 5.41) is 5.57. The first-order valence-corrected chi connectivity index (χ1v) is 9.22. The van der Waals surface area contributed by atoms with Gasteiger partial charge in [0.2, 0.25) is 5.91 Å². The number of para-hydroxylation sites is 2. The largest absolute Gasteiger partial charge is 0.335 e. The first-order valence-electron chi connectivity index (χ1n) is 8.34. The van der Waals surface area contributed by atoms with Crippen molar-refractivity contribution < 1.29 is 9.59 Å². The van der Waals surface area contributed by atoms with Crippen molar-refractivity contribution in [3.63, 3.8) is 0 Å². The second kappa shape index (κ2) is 7.70. The summed E-state index contributed by atoms with van der Waals surface area (Å²) in [5.74, 6) is -0.311. The summed E-state index contributed by atoms with van der Waals surface area (Å²) in [7, 11) is 0. The number of thioether (sulfide) groups is 1. The fourth-order valence-electron chi connectivity index (χ4n) is 2.89. The third-order valence-electron chi connectivity index (χ3n) is 4.20. The van der Waals surface area contributed by atoms with Crippen LogP contribution in [0.15, 0.2) is 29.4 Å². The molecule has 0 radical (unpaired) electrons. The van der Waals surface area contributed by atoms with E-state index in [9.17, 15) is 9.59 Å². The summed E-state index contributed by atoms with van der Waals surface area (Å²) in [5.41, 5.74) is 1.80. The molecule has 2 aromatic rings. The number of carbonyl (C=O) groups excluding carboxylic acids is 2. The second-order valence-electron chi connectivity index (χ2n) is 6.12. The number of aromatic amines is 1. The molecule has 1 unspecified atom stereocenters. The molecule has 0 bridgehead atoms. The van der Waals surface area contributed by atoms with Crippen LogP contribution >= 0.6 is 11.8 Å². The predicted molar refractivity (Wildman–Crippen MR) is 95.0 cm³/mol. The number of hydrogen-bond donors (Lipinski definition) is 3. The van der Waals surface area contributed by atoms with Gasteiger partial charge in [-0.25, -0.2) is 9.78 Å². The minimum absolute atomic E-state index is 0.185. The SMILES string of the molecule is CC(Sc1nc2ccccc2[nH]1)C(=O)NC(=O)NC1CCCCC1. The van der Waals surface area contributed by atoms with E-state index < -0.39 is 11.3 Å². The van der Waals surface area contributed by atoms with Gasteiger partial charge in [-0.05, 0) is 31.9 Å². The Morgan fingerprint density at radius 1 is 1.25 bits per heavy atom. The van der Waals surface area contributed by atoms with Gasteiger partial charge in [-0.3, -0.25) is 10.1 Å². The number of amides is 3. The first-order chi connectivity index (χ1) is 11.6. The molecule has 128 valence electrons. The Hall–Kier alpha value is -2.02. The standard InChI is InChI=1S/C17H22N4O2S/c1-11(24-17-19-13-9-5-6-10-14(13)20-17)15(22)21-16(23)18-12-7-3-2-4-8-12/h5-6,9-12H,2-4,7-8H2,1H3,(H,19,20)(H2,18,21,22,23). The van der Waals surface area contributed by atoms with E-state index in [2.05, 4.69) is 20.6 Å². The molecule has 1 heterocycles. The molecule has 1 fully saturated rings. The quantitative estimate of drug-likeness (QED) is 0.742. The van der Waals surface area contributed by atoms with E-state index in [1.54, 1.807) is 6.92 Å². The maximum absolute atomic E-state index is 12.2. The molecule has 1 atom stereocenters. The van der Waals surface area contributed by atoms with Crippen molar-refractivity contribution in [2.75, 3.05) is 0 Å². The molecule has 3 N–H and O–H groups in total. The van der Waals surface area contributed by atoms with E-state index in [1.165, 1.54) is 18.2 Å². The normalized spacial score (nSPS) is 16.7. The molecule has 1 saturated carbocycles. The van der Waals surface area contributed by atoms with Crippen LogP contribution in [0.1, 0.15) is 39.0 Å². The zero-order valence-corrected chi connectivity index (χ0v) is 14.5. The van der Waals surface area contributed by atoms with Gasteiger partial charge in [-0.2, -0.15) is 0 Å². The van der Waals surface area contributed by atoms with Crippen LogP contribution in [0.3, 0.4) is 0 Å². The molecule has 0 spiro atoms. The monoisotopic (exact) mass is 346 g/mol. The van der Waals surface area contributed by atoms with Gasteiger partial charge in [0.25, 0.3) is 0 Å². The van der Waals surface area contributed by atoms with Crippen molar-refractivity contribution in [2.24, 2.45) is 0 Å². The number of fused-ring (bicyclic) bond motifs is 1. The van der Waals surface area contributed by atoms with Crippen LogP contribution in [0.2, 0.25) is 0 Å². The number of hydrogen-bond acceptors (Lipinski definition) is 4. The molecule has 3 amide bonds. The Kier molecular flexibility index (Phi) is 5.40. The van der Waals surface area contributed by atoms with Gasteiger partial charge < -0.3 is 10.3 Å². The van der Waals surface area contributed by atoms with E-state index in [0.29, 0.717) is 5.16 Å². The lowest BCUT2D eigenvalue weighted by Gasteiger charge is -2.22. The number of benzene rings is 1. The summed E-state index contributed by atoms with van der Waals surface area (Å²) in [6.45, 7) is 1.76. The highest BCUT2D eigenvalue weighted by Gasteiger charge is 2.21. The van der Waals surface area contributed by atoms with E-state index in [4.69, 9.17) is 0 Å². The number of nitrogens with zero attached hydrogens (tertiary/aromatic N) is 1. The number of nitrogens with one attached hydrogen (secondary N) is 3. The van der Waals surface area contributed by atoms with Crippen molar-refractivity contribution >= 4 is 34.7 Å². The molecular formula is C17H22N4O2S. The molecule has 0 saturated heterocycles. The van der Waals surface area contributed by atoms with Gasteiger partial charge in [0.05, 0.1) is 16.3 Å². The molecule has 1 aliphatic carbocycles. The van der Waals surface area contributed by atoms with Crippen molar-refractivity contribution in [1.82, 2.24) is 20.6 Å². The average Bonchev–Trinajstić information content (AvgIpc) is 2.97. The highest BCUT2D eigenvalue weighted by atomic mass is 32.2. The van der Waals surface area contributed by atoms with Crippen LogP contribution in [0.4, 0.5) is 4.79 Å². The van der Waals surface area contributed by atoms with E-state index in [1.807, 2.05) is 24.3 Å². The van der Waals surface area contributed by atoms with Gasteiger partial charge in [-0.1, -0.05) is 43.2 Å². The molecule has 1 aliphatic rings. The van der Waals surface area contributed by atoms with Gasteiger partial charge in [0.15, 0.2) is 5.16 Å². The fraction of sp³-hybridized carbons (Fsp3) is 0.471. The van der Waals surface area contributed by atoms with Gasteiger partial charge in [-0.15, -0.1) is 0 Å². The highest BCUT2D eigenvalue weighted by molar-refractivity contribution is 8.00. The van der Waals surface area contributed by atoms with Gasteiger partial charge >= 0.3 is 6.03 Å². The van der Waals surface area contributed by atoms with E-state index >= 15 is 0 Å². The Bertz CT molecular complexity index is 691. The minimum Gasteiger partial charge on any atom is -0.335 e. The lowest BCUT2D eigenvalue weighted by molar-refractivity contribution is -0.119. The van der Waals surface area contributed by atoms with Crippen LogP contribution in [0.5, 0.6) is 0 Å². The fourth-order valence-corrected chi connectivity index (χ4v) is 3.71. The van der Waals surface area contributed by atoms with Gasteiger partial charge in [0, 0.05) is 6.04 Å². The molecule has 1 aromatic carbocycles. The summed E-state index contributed by atoms with van der Waals surface area (Å²) >= 11 is 1.31. The summed E-state index contributed by atoms with van der Waals surface area (Å²) in [4.78, 5) is 31.7. The van der Waals surface area contributed by atoms with Crippen molar-refractivity contribution in [1.29, 1.82) is 0 Å². The summed E-state index contributed by atoms with van der Waals surface area (Å²) < 4.78 is 0. The number of imide groups is 1. The zero-order chi connectivity index (χ0) is 16.9. The van der Waals surface area contributed by atoms with Crippen LogP contribution in [0.25, 0.3) is 11.0 Å². The van der Waals surface area contributed by atoms with E-state index in [0.717, 1.165) is 36.7 Å². The Morgan fingerprint density at radius 3 is 2.75 bits per heavy atom. The van der Waals surface area contributed by atoms with Gasteiger partial charge in [0.1, 0.15) is 0 Å². The molecule has 6 nitrogen and oxygen atoms in total. The summed E-state index contributed by atoms with van der Waals surface area (Å²) in [6, 6.07) is 7.49. The van der Waals surface area contributed by atoms with E-state index in [-0.39, 0.29) is 11.9 Å². The predicted octanol–water partition coefficient (Wildman–Crippen LogP) is 3.20. The summed E-state index contributed by atoms with van der Waals surface area (Å²) in [6.07, 6.45) is 5.48. The highest BCUT2D eigenvalue weighted by Crippen LogP contribution is 2.23. The zero-order valence-electron chi connectivity index (χ0n) is 13.7. The number of rotatable bonds is 4. The maximum Gasteiger partial charge on any atom is 0.321 e. The Labute approximate surface area is 145 Å². The lowest BCUT2D eigenvalue weighted by atomic mass is 9.96. The second-order valence-corrected chi connectivity index (χ2v) is 7.45. The molecular weight excluding hydrogens is 324 g/mol. The van der Waals surface area contributed by atoms with Crippen LogP contribution in [-0.4, -0.2) is 33.2 Å². The molecule has 1 aromatic heterocycles. The number of urea groups is 1. The Balaban J connectivity index is 1.51. The third kappa shape index (κ3) is 4.29. The van der Waals surface area contributed by atoms with Crippen LogP contribution in [-0.2, 0) is 4.79 Å². The molecule has 7 heteroatoms. The number of aromatic nitrogens is 2. The van der Waals surface area contributed by atoms with Crippen molar-refractivity contribution in [3.05, 3.63) is 24.3 Å². The lowest BCUT2D eigenvalue weighted by Crippen LogP contribution is -2.47. The Morgan fingerprint density at radius 2 is 2.00 bits per heavy atom. The smallest absolute Gasteiger partial charge is 0.321 e. The molecule has 3 rings (SSSR count). The number of imidazole rings is 1. The minimum atomic E-state index is -0.414.